The average molecular weight is 255 g/mol. The molecular formula is C13H21NO4. The van der Waals surface area contributed by atoms with E-state index >= 15 is 0 Å². The minimum absolute atomic E-state index is 0.118. The Morgan fingerprint density at radius 1 is 1.33 bits per heavy atom. The van der Waals surface area contributed by atoms with Crippen molar-refractivity contribution in [2.24, 2.45) is 17.3 Å². The van der Waals surface area contributed by atoms with E-state index in [9.17, 15) is 9.59 Å². The molecule has 2 unspecified atom stereocenters. The SMILES string of the molecule is CC1CC(NC(=O)[C@H]2[C@@H](C(=O)O)C2(C)C)CCO1. The third-order valence-electron chi connectivity index (χ3n) is 4.21. The first-order valence-corrected chi connectivity index (χ1v) is 6.49. The van der Waals surface area contributed by atoms with Crippen LogP contribution in [-0.4, -0.2) is 35.7 Å². The van der Waals surface area contributed by atoms with Crippen molar-refractivity contribution in [1.82, 2.24) is 5.32 Å². The van der Waals surface area contributed by atoms with Crippen molar-refractivity contribution in [1.29, 1.82) is 0 Å². The molecule has 1 saturated carbocycles. The summed E-state index contributed by atoms with van der Waals surface area (Å²) in [5.41, 5.74) is -0.424. The van der Waals surface area contributed by atoms with Gasteiger partial charge in [-0.1, -0.05) is 13.8 Å². The van der Waals surface area contributed by atoms with Gasteiger partial charge in [0.25, 0.3) is 0 Å². The lowest BCUT2D eigenvalue weighted by atomic mass is 10.0. The van der Waals surface area contributed by atoms with Crippen molar-refractivity contribution < 1.29 is 19.4 Å². The molecule has 0 radical (unpaired) electrons. The largest absolute Gasteiger partial charge is 0.481 e. The molecule has 0 aromatic rings. The molecule has 5 nitrogen and oxygen atoms in total. The Morgan fingerprint density at radius 3 is 2.50 bits per heavy atom. The summed E-state index contributed by atoms with van der Waals surface area (Å²) < 4.78 is 5.42. The van der Waals surface area contributed by atoms with Gasteiger partial charge in [-0.05, 0) is 25.2 Å². The van der Waals surface area contributed by atoms with Crippen molar-refractivity contribution in [2.75, 3.05) is 6.61 Å². The second-order valence-corrected chi connectivity index (χ2v) is 6.03. The predicted octanol–water partition coefficient (Wildman–Crippen LogP) is 1.03. The number of aliphatic carboxylic acids is 1. The van der Waals surface area contributed by atoms with Gasteiger partial charge in [-0.25, -0.2) is 0 Å². The summed E-state index contributed by atoms with van der Waals surface area (Å²) in [5, 5.41) is 12.0. The lowest BCUT2D eigenvalue weighted by molar-refractivity contribution is -0.140. The van der Waals surface area contributed by atoms with Crippen LogP contribution in [0.5, 0.6) is 0 Å². The van der Waals surface area contributed by atoms with Gasteiger partial charge in [0.15, 0.2) is 0 Å². The molecule has 4 atom stereocenters. The van der Waals surface area contributed by atoms with Crippen LogP contribution in [0.1, 0.15) is 33.6 Å². The molecule has 2 aliphatic rings. The van der Waals surface area contributed by atoms with Gasteiger partial charge in [-0.3, -0.25) is 9.59 Å². The Bertz CT molecular complexity index is 366. The van der Waals surface area contributed by atoms with E-state index in [4.69, 9.17) is 9.84 Å². The second kappa shape index (κ2) is 4.53. The maximum atomic E-state index is 12.1. The fourth-order valence-corrected chi connectivity index (χ4v) is 3.01. The van der Waals surface area contributed by atoms with Crippen LogP contribution in [0.15, 0.2) is 0 Å². The molecular weight excluding hydrogens is 234 g/mol. The fraction of sp³-hybridized carbons (Fsp3) is 0.846. The van der Waals surface area contributed by atoms with Crippen molar-refractivity contribution in [3.63, 3.8) is 0 Å². The van der Waals surface area contributed by atoms with Gasteiger partial charge in [-0.2, -0.15) is 0 Å². The van der Waals surface area contributed by atoms with Gasteiger partial charge in [-0.15, -0.1) is 0 Å². The van der Waals surface area contributed by atoms with Gasteiger partial charge >= 0.3 is 5.97 Å². The van der Waals surface area contributed by atoms with Crippen LogP contribution >= 0.6 is 0 Å². The number of hydrogen-bond donors (Lipinski definition) is 2. The summed E-state index contributed by atoms with van der Waals surface area (Å²) in [5.74, 6) is -1.94. The highest BCUT2D eigenvalue weighted by molar-refractivity contribution is 5.91. The van der Waals surface area contributed by atoms with E-state index in [0.717, 1.165) is 12.8 Å². The smallest absolute Gasteiger partial charge is 0.307 e. The molecule has 0 aromatic heterocycles. The zero-order chi connectivity index (χ0) is 13.5. The first kappa shape index (κ1) is 13.3. The highest BCUT2D eigenvalue weighted by atomic mass is 16.5. The number of carbonyl (C=O) groups is 2. The molecule has 1 aliphatic heterocycles. The van der Waals surface area contributed by atoms with E-state index in [1.54, 1.807) is 0 Å². The van der Waals surface area contributed by atoms with Gasteiger partial charge in [0.1, 0.15) is 0 Å². The van der Waals surface area contributed by atoms with Gasteiger partial charge in [0.2, 0.25) is 5.91 Å². The van der Waals surface area contributed by atoms with E-state index in [-0.39, 0.29) is 18.1 Å². The summed E-state index contributed by atoms with van der Waals surface area (Å²) in [6, 6.07) is 0.118. The molecule has 0 aromatic carbocycles. The predicted molar refractivity (Wildman–Crippen MR) is 65.0 cm³/mol. The van der Waals surface area contributed by atoms with Crippen LogP contribution in [0.4, 0.5) is 0 Å². The average Bonchev–Trinajstić information content (AvgIpc) is 2.81. The summed E-state index contributed by atoms with van der Waals surface area (Å²) in [7, 11) is 0. The molecule has 18 heavy (non-hydrogen) atoms. The van der Waals surface area contributed by atoms with Crippen LogP contribution in [0, 0.1) is 17.3 Å². The highest BCUT2D eigenvalue weighted by Gasteiger charge is 2.66. The number of ether oxygens (including phenoxy) is 1. The standard InChI is InChI=1S/C13H21NO4/c1-7-6-8(4-5-18-7)14-11(15)9-10(12(16)17)13(9,2)3/h7-10H,4-6H2,1-3H3,(H,14,15)(H,16,17)/t7?,8?,9-,10+/m1/s1. The lowest BCUT2D eigenvalue weighted by Gasteiger charge is -2.28. The molecule has 5 heteroatoms. The monoisotopic (exact) mass is 255 g/mol. The van der Waals surface area contributed by atoms with E-state index in [2.05, 4.69) is 5.32 Å². The maximum absolute atomic E-state index is 12.1. The number of hydrogen-bond acceptors (Lipinski definition) is 3. The normalized spacial score (nSPS) is 37.9. The second-order valence-electron chi connectivity index (χ2n) is 6.03. The van der Waals surface area contributed by atoms with E-state index < -0.39 is 23.2 Å². The molecule has 2 fully saturated rings. The molecule has 1 saturated heterocycles. The first-order valence-electron chi connectivity index (χ1n) is 6.49. The molecule has 2 rings (SSSR count). The van der Waals surface area contributed by atoms with Crippen molar-refractivity contribution >= 4 is 11.9 Å². The number of amides is 1. The van der Waals surface area contributed by atoms with Gasteiger partial charge < -0.3 is 15.2 Å². The summed E-state index contributed by atoms with van der Waals surface area (Å²) in [6.07, 6.45) is 1.77. The van der Waals surface area contributed by atoms with Crippen LogP contribution in [0.25, 0.3) is 0 Å². The minimum Gasteiger partial charge on any atom is -0.481 e. The quantitative estimate of drug-likeness (QED) is 0.789. The Morgan fingerprint density at radius 2 is 2.00 bits per heavy atom. The number of nitrogens with one attached hydrogen (secondary N) is 1. The zero-order valence-electron chi connectivity index (χ0n) is 11.1. The van der Waals surface area contributed by atoms with Crippen molar-refractivity contribution in [2.45, 2.75) is 45.8 Å². The first-order chi connectivity index (χ1) is 8.34. The van der Waals surface area contributed by atoms with Crippen LogP contribution in [0.2, 0.25) is 0 Å². The van der Waals surface area contributed by atoms with Gasteiger partial charge in [0, 0.05) is 12.6 Å². The highest BCUT2D eigenvalue weighted by Crippen LogP contribution is 2.58. The lowest BCUT2D eigenvalue weighted by Crippen LogP contribution is -2.42. The number of rotatable bonds is 3. The Labute approximate surface area is 107 Å². The van der Waals surface area contributed by atoms with E-state index in [1.165, 1.54) is 0 Å². The maximum Gasteiger partial charge on any atom is 0.307 e. The van der Waals surface area contributed by atoms with E-state index in [1.807, 2.05) is 20.8 Å². The molecule has 2 N–H and O–H groups in total. The topological polar surface area (TPSA) is 75.6 Å². The molecule has 1 aliphatic carbocycles. The Hall–Kier alpha value is -1.10. The molecule has 0 spiro atoms. The van der Waals surface area contributed by atoms with Crippen LogP contribution in [-0.2, 0) is 14.3 Å². The third kappa shape index (κ3) is 2.36. The Balaban J connectivity index is 1.91. The third-order valence-corrected chi connectivity index (χ3v) is 4.21. The minimum atomic E-state index is -0.875. The fourth-order valence-electron chi connectivity index (χ4n) is 3.01. The van der Waals surface area contributed by atoms with E-state index in [0.29, 0.717) is 6.61 Å². The van der Waals surface area contributed by atoms with Crippen molar-refractivity contribution in [3.05, 3.63) is 0 Å². The zero-order valence-corrected chi connectivity index (χ0v) is 11.1. The number of carbonyl (C=O) groups excluding carboxylic acids is 1. The molecule has 1 heterocycles. The number of carboxylic acids is 1. The summed E-state index contributed by atoms with van der Waals surface area (Å²) in [4.78, 5) is 23.1. The Kier molecular flexibility index (Phi) is 3.36. The number of carboxylic acid groups (broad SMARTS) is 1. The summed E-state index contributed by atoms with van der Waals surface area (Å²) >= 11 is 0. The van der Waals surface area contributed by atoms with Gasteiger partial charge in [0.05, 0.1) is 17.9 Å². The molecule has 0 bridgehead atoms. The molecule has 102 valence electrons. The van der Waals surface area contributed by atoms with Crippen molar-refractivity contribution in [3.8, 4) is 0 Å². The molecule has 1 amide bonds. The summed E-state index contributed by atoms with van der Waals surface area (Å²) in [6.45, 7) is 6.31. The van der Waals surface area contributed by atoms with Crippen LogP contribution in [0.3, 0.4) is 0 Å². The van der Waals surface area contributed by atoms with Crippen LogP contribution < -0.4 is 5.32 Å².